The van der Waals surface area contributed by atoms with Gasteiger partial charge >= 0.3 is 6.09 Å². The highest BCUT2D eigenvalue weighted by atomic mass is 32.2. The molecule has 5 N–H and O–H groups in total. The minimum absolute atomic E-state index is 0.139. The third kappa shape index (κ3) is 7.91. The van der Waals surface area contributed by atoms with Crippen LogP contribution in [0.2, 0.25) is 0 Å². The summed E-state index contributed by atoms with van der Waals surface area (Å²) < 4.78 is 36.7. The minimum atomic E-state index is -4.24. The monoisotopic (exact) mass is 493 g/mol. The van der Waals surface area contributed by atoms with Crippen molar-refractivity contribution < 1.29 is 37.1 Å². The van der Waals surface area contributed by atoms with Gasteiger partial charge in [0.2, 0.25) is 11.8 Å². The molecular weight excluding hydrogens is 470 g/mol. The molecule has 0 aliphatic heterocycles. The molecule has 0 radical (unpaired) electrons. The lowest BCUT2D eigenvalue weighted by Crippen LogP contribution is -2.37. The van der Waals surface area contributed by atoms with Gasteiger partial charge in [0.1, 0.15) is 0 Å². The van der Waals surface area contributed by atoms with Crippen molar-refractivity contribution in [3.63, 3.8) is 0 Å². The Hall–Kier alpha value is -3.88. The number of sulfonamides is 1. The van der Waals surface area contributed by atoms with E-state index in [0.29, 0.717) is 19.8 Å². The Morgan fingerprint density at radius 1 is 1.00 bits per heavy atom. The molecule has 2 rings (SSSR count). The molecule has 182 valence electrons. The van der Waals surface area contributed by atoms with Crippen LogP contribution in [0.25, 0.3) is 0 Å². The summed E-state index contributed by atoms with van der Waals surface area (Å²) in [5.41, 5.74) is 5.15. The molecule has 0 spiro atoms. The van der Waals surface area contributed by atoms with E-state index in [1.807, 2.05) is 17.0 Å². The van der Waals surface area contributed by atoms with Gasteiger partial charge in [0.25, 0.3) is 21.8 Å². The van der Waals surface area contributed by atoms with Crippen molar-refractivity contribution in [1.29, 1.82) is 0 Å². The van der Waals surface area contributed by atoms with Crippen LogP contribution < -0.4 is 25.8 Å². The van der Waals surface area contributed by atoms with E-state index in [-0.39, 0.29) is 21.9 Å². The summed E-state index contributed by atoms with van der Waals surface area (Å²) in [6.07, 6.45) is -0.136. The zero-order valence-corrected chi connectivity index (χ0v) is 18.9. The normalized spacial score (nSPS) is 10.8. The number of carbonyl (C=O) groups excluding carboxylic acids is 4. The average Bonchev–Trinajstić information content (AvgIpc) is 2.81. The Balaban J connectivity index is 1.97. The van der Waals surface area contributed by atoms with E-state index < -0.39 is 40.4 Å². The number of nitrogens with one attached hydrogen (secondary N) is 3. The van der Waals surface area contributed by atoms with Gasteiger partial charge in [-0.1, -0.05) is 0 Å². The minimum Gasteiger partial charge on any atom is -0.391 e. The third-order valence-corrected chi connectivity index (χ3v) is 5.36. The van der Waals surface area contributed by atoms with Crippen LogP contribution in [0, 0.1) is 0 Å². The molecule has 0 saturated heterocycles. The number of nitrogens with zero attached hydrogens (tertiary/aromatic N) is 1. The number of benzene rings is 1. The summed E-state index contributed by atoms with van der Waals surface area (Å²) in [4.78, 5) is 50.3. The molecule has 0 aliphatic rings. The van der Waals surface area contributed by atoms with Gasteiger partial charge in [0.15, 0.2) is 0 Å². The van der Waals surface area contributed by atoms with E-state index in [4.69, 9.17) is 15.2 Å². The van der Waals surface area contributed by atoms with Crippen molar-refractivity contribution in [2.24, 2.45) is 5.73 Å². The number of pyridine rings is 1. The first-order valence-electron chi connectivity index (χ1n) is 9.87. The molecular formula is C20H23N5O8S. The maximum Gasteiger partial charge on any atom is 0.420 e. The topological polar surface area (TPSA) is 196 Å². The first-order valence-corrected chi connectivity index (χ1v) is 11.4. The second-order valence-electron chi connectivity index (χ2n) is 6.44. The molecule has 0 aliphatic carbocycles. The first kappa shape index (κ1) is 26.4. The van der Waals surface area contributed by atoms with Crippen molar-refractivity contribution in [3.8, 4) is 5.88 Å². The van der Waals surface area contributed by atoms with Crippen molar-refractivity contribution >= 4 is 33.8 Å². The number of amides is 4. The van der Waals surface area contributed by atoms with Gasteiger partial charge in [-0.15, -0.1) is 0 Å². The zero-order valence-electron chi connectivity index (χ0n) is 18.1. The number of hydrogen-bond acceptors (Lipinski definition) is 10. The van der Waals surface area contributed by atoms with E-state index in [2.05, 4.69) is 10.3 Å². The molecule has 0 atom stereocenters. The SMILES string of the molecule is CCOCCNC(=O)c1ccc(S(=O)(=O)NC(=O)c2ccc(OC(=O)NC(=O)CN)nc2)cc1. The highest BCUT2D eigenvalue weighted by molar-refractivity contribution is 7.90. The highest BCUT2D eigenvalue weighted by Gasteiger charge is 2.20. The van der Waals surface area contributed by atoms with Gasteiger partial charge < -0.3 is 20.5 Å². The van der Waals surface area contributed by atoms with E-state index >= 15 is 0 Å². The van der Waals surface area contributed by atoms with Gasteiger partial charge in [0.05, 0.1) is 23.6 Å². The molecule has 13 nitrogen and oxygen atoms in total. The molecule has 0 unspecified atom stereocenters. The standard InChI is InChI=1S/C20H23N5O8S/c1-2-32-10-9-22-18(27)13-3-6-15(7-4-13)34(30,31)25-19(28)14-5-8-17(23-12-14)33-20(29)24-16(26)11-21/h3-8,12H,2,9-11,21H2,1H3,(H,22,27)(H,25,28)(H,24,26,29). The molecule has 2 aromatic rings. The average molecular weight is 493 g/mol. The number of hydrogen-bond donors (Lipinski definition) is 4. The fourth-order valence-electron chi connectivity index (χ4n) is 2.37. The van der Waals surface area contributed by atoms with Gasteiger partial charge in [-0.3, -0.25) is 19.7 Å². The number of ether oxygens (including phenoxy) is 2. The lowest BCUT2D eigenvalue weighted by Gasteiger charge is -2.09. The Morgan fingerprint density at radius 2 is 1.68 bits per heavy atom. The van der Waals surface area contributed by atoms with Crippen molar-refractivity contribution in [3.05, 3.63) is 53.7 Å². The number of aromatic nitrogens is 1. The van der Waals surface area contributed by atoms with Crippen LogP contribution in [0.5, 0.6) is 5.88 Å². The Kier molecular flexibility index (Phi) is 9.61. The smallest absolute Gasteiger partial charge is 0.391 e. The van der Waals surface area contributed by atoms with Gasteiger partial charge in [-0.2, -0.15) is 0 Å². The van der Waals surface area contributed by atoms with Crippen LogP contribution in [0.4, 0.5) is 4.79 Å². The summed E-state index contributed by atoms with van der Waals surface area (Å²) in [6.45, 7) is 2.59. The maximum atomic E-state index is 12.5. The Bertz CT molecular complexity index is 1130. The van der Waals surface area contributed by atoms with Crippen molar-refractivity contribution in [2.45, 2.75) is 11.8 Å². The quantitative estimate of drug-likeness (QED) is 0.314. The largest absolute Gasteiger partial charge is 0.420 e. The fraction of sp³-hybridized carbons (Fsp3) is 0.250. The lowest BCUT2D eigenvalue weighted by atomic mass is 10.2. The third-order valence-electron chi connectivity index (χ3n) is 4.01. The van der Waals surface area contributed by atoms with Crippen LogP contribution >= 0.6 is 0 Å². The molecule has 0 fully saturated rings. The van der Waals surface area contributed by atoms with E-state index in [1.165, 1.54) is 30.3 Å². The van der Waals surface area contributed by atoms with Crippen LogP contribution in [0.3, 0.4) is 0 Å². The van der Waals surface area contributed by atoms with Crippen molar-refractivity contribution in [2.75, 3.05) is 26.3 Å². The number of carbonyl (C=O) groups is 4. The predicted octanol–water partition coefficient (Wildman–Crippen LogP) is -0.460. The summed E-state index contributed by atoms with van der Waals surface area (Å²) in [5, 5.41) is 4.46. The van der Waals surface area contributed by atoms with Crippen LogP contribution in [0.1, 0.15) is 27.6 Å². The number of rotatable bonds is 10. The molecule has 0 bridgehead atoms. The lowest BCUT2D eigenvalue weighted by molar-refractivity contribution is -0.118. The number of imide groups is 1. The zero-order chi connectivity index (χ0) is 25.1. The van der Waals surface area contributed by atoms with Crippen LogP contribution in [-0.4, -0.2) is 63.5 Å². The summed E-state index contributed by atoms with van der Waals surface area (Å²) in [6, 6.07) is 7.29. The summed E-state index contributed by atoms with van der Waals surface area (Å²) in [7, 11) is -4.24. The van der Waals surface area contributed by atoms with Crippen LogP contribution in [-0.2, 0) is 19.6 Å². The van der Waals surface area contributed by atoms with E-state index in [1.54, 1.807) is 0 Å². The molecule has 0 saturated carbocycles. The van der Waals surface area contributed by atoms with Crippen LogP contribution in [0.15, 0.2) is 47.5 Å². The van der Waals surface area contributed by atoms with E-state index in [0.717, 1.165) is 12.3 Å². The molecule has 34 heavy (non-hydrogen) atoms. The number of nitrogens with two attached hydrogens (primary N) is 1. The van der Waals surface area contributed by atoms with E-state index in [9.17, 15) is 27.6 Å². The first-order chi connectivity index (χ1) is 16.2. The predicted molar refractivity (Wildman–Crippen MR) is 117 cm³/mol. The highest BCUT2D eigenvalue weighted by Crippen LogP contribution is 2.13. The van der Waals surface area contributed by atoms with Crippen molar-refractivity contribution in [1.82, 2.24) is 20.3 Å². The molecule has 1 aromatic carbocycles. The summed E-state index contributed by atoms with van der Waals surface area (Å²) in [5.74, 6) is -2.39. The Labute approximate surface area is 195 Å². The fourth-order valence-corrected chi connectivity index (χ4v) is 3.34. The van der Waals surface area contributed by atoms with Gasteiger partial charge in [-0.25, -0.2) is 22.9 Å². The molecule has 1 aromatic heterocycles. The maximum absolute atomic E-state index is 12.5. The second kappa shape index (κ2) is 12.4. The second-order valence-corrected chi connectivity index (χ2v) is 8.12. The molecule has 14 heteroatoms. The molecule has 1 heterocycles. The van der Waals surface area contributed by atoms with Gasteiger partial charge in [-0.05, 0) is 37.3 Å². The molecule has 4 amide bonds. The Morgan fingerprint density at radius 3 is 2.26 bits per heavy atom. The van der Waals surface area contributed by atoms with Gasteiger partial charge in [0, 0.05) is 31.0 Å². The summed E-state index contributed by atoms with van der Waals surface area (Å²) >= 11 is 0.